The van der Waals surface area contributed by atoms with Gasteiger partial charge < -0.3 is 24.8 Å². The Balaban J connectivity index is 0.00000450. The van der Waals surface area contributed by atoms with Crippen molar-refractivity contribution in [3.05, 3.63) is 29.8 Å². The maximum atomic E-state index is 5.69. The highest BCUT2D eigenvalue weighted by Gasteiger charge is 2.22. The van der Waals surface area contributed by atoms with Crippen LogP contribution in [-0.2, 0) is 16.0 Å². The first-order chi connectivity index (χ1) is 14.1. The van der Waals surface area contributed by atoms with E-state index in [0.717, 1.165) is 56.5 Å². The van der Waals surface area contributed by atoms with Crippen LogP contribution in [0.5, 0.6) is 5.75 Å². The smallest absolute Gasteiger partial charge is 0.191 e. The molecule has 7 nitrogen and oxygen atoms in total. The molecule has 1 unspecified atom stereocenters. The average molecular weight is 534 g/mol. The molecule has 1 fully saturated rings. The Bertz CT molecular complexity index is 610. The molecule has 1 atom stereocenters. The van der Waals surface area contributed by atoms with Crippen LogP contribution in [0, 0.1) is 5.92 Å². The first kappa shape index (κ1) is 26.9. The lowest BCUT2D eigenvalue weighted by Gasteiger charge is -2.35. The summed E-state index contributed by atoms with van der Waals surface area (Å²) in [6.45, 7) is 10.9. The van der Waals surface area contributed by atoms with E-state index in [1.165, 1.54) is 0 Å². The number of hydrogen-bond donors (Lipinski definition) is 2. The highest BCUT2D eigenvalue weighted by molar-refractivity contribution is 14.0. The highest BCUT2D eigenvalue weighted by atomic mass is 127. The zero-order valence-corrected chi connectivity index (χ0v) is 21.2. The van der Waals surface area contributed by atoms with E-state index < -0.39 is 0 Å². The van der Waals surface area contributed by atoms with Crippen molar-refractivity contribution >= 4 is 29.9 Å². The number of halogens is 1. The van der Waals surface area contributed by atoms with Crippen molar-refractivity contribution in [1.82, 2.24) is 15.5 Å². The van der Waals surface area contributed by atoms with Crippen LogP contribution in [0.1, 0.15) is 25.8 Å². The zero-order valence-electron chi connectivity index (χ0n) is 18.9. The fraction of sp³-hybridized carbons (Fsp3) is 0.682. The van der Waals surface area contributed by atoms with Gasteiger partial charge in [0.25, 0.3) is 0 Å². The van der Waals surface area contributed by atoms with E-state index in [0.29, 0.717) is 31.7 Å². The van der Waals surface area contributed by atoms with Crippen molar-refractivity contribution in [1.29, 1.82) is 0 Å². The van der Waals surface area contributed by atoms with Crippen molar-refractivity contribution < 1.29 is 14.2 Å². The lowest BCUT2D eigenvalue weighted by molar-refractivity contribution is 0.0132. The number of rotatable bonds is 11. The van der Waals surface area contributed by atoms with Crippen LogP contribution in [-0.4, -0.2) is 77.1 Å². The Hall–Kier alpha value is -1.10. The molecule has 30 heavy (non-hydrogen) atoms. The fourth-order valence-electron chi connectivity index (χ4n) is 3.46. The summed E-state index contributed by atoms with van der Waals surface area (Å²) in [5.41, 5.74) is 1.15. The minimum atomic E-state index is 0. The van der Waals surface area contributed by atoms with Gasteiger partial charge in [0.2, 0.25) is 0 Å². The number of guanidine groups is 1. The van der Waals surface area contributed by atoms with Crippen LogP contribution in [0.2, 0.25) is 0 Å². The molecule has 1 heterocycles. The SMILES string of the molecule is CN=C(NCc1cccc(OCCOC)c1)NCC(CC(C)C)N1CCOCC1.I. The molecule has 2 N–H and O–H groups in total. The predicted octanol–water partition coefficient (Wildman–Crippen LogP) is 2.74. The Morgan fingerprint density at radius 1 is 1.20 bits per heavy atom. The molecule has 2 rings (SSSR count). The van der Waals surface area contributed by atoms with Crippen LogP contribution >= 0.6 is 24.0 Å². The van der Waals surface area contributed by atoms with Gasteiger partial charge in [-0.15, -0.1) is 24.0 Å². The normalized spacial score (nSPS) is 16.1. The minimum absolute atomic E-state index is 0. The van der Waals surface area contributed by atoms with E-state index >= 15 is 0 Å². The molecule has 1 aliphatic heterocycles. The number of benzene rings is 1. The van der Waals surface area contributed by atoms with Gasteiger partial charge in [0, 0.05) is 46.4 Å². The topological polar surface area (TPSA) is 67.4 Å². The first-order valence-corrected chi connectivity index (χ1v) is 10.6. The lowest BCUT2D eigenvalue weighted by atomic mass is 10.0. The molecule has 0 saturated carbocycles. The Labute approximate surface area is 199 Å². The standard InChI is InChI=1S/C22H38N4O3.HI/c1-18(2)14-20(26-8-10-28-11-9-26)17-25-22(23-3)24-16-19-6-5-7-21(15-19)29-13-12-27-4;/h5-7,15,18,20H,8-14,16-17H2,1-4H3,(H2,23,24,25);1H. The first-order valence-electron chi connectivity index (χ1n) is 10.6. The summed E-state index contributed by atoms with van der Waals surface area (Å²) in [5.74, 6) is 2.33. The maximum Gasteiger partial charge on any atom is 0.191 e. The molecule has 0 aromatic heterocycles. The summed E-state index contributed by atoms with van der Waals surface area (Å²) < 4.78 is 16.2. The van der Waals surface area contributed by atoms with Crippen molar-refractivity contribution in [2.45, 2.75) is 32.9 Å². The van der Waals surface area contributed by atoms with E-state index in [9.17, 15) is 0 Å². The van der Waals surface area contributed by atoms with Gasteiger partial charge in [-0.25, -0.2) is 0 Å². The number of hydrogen-bond acceptors (Lipinski definition) is 5. The van der Waals surface area contributed by atoms with Crippen LogP contribution in [0.3, 0.4) is 0 Å². The van der Waals surface area contributed by atoms with E-state index in [1.54, 1.807) is 7.11 Å². The van der Waals surface area contributed by atoms with Gasteiger partial charge >= 0.3 is 0 Å². The van der Waals surface area contributed by atoms with Crippen molar-refractivity contribution in [3.8, 4) is 5.75 Å². The summed E-state index contributed by atoms with van der Waals surface area (Å²) in [6, 6.07) is 8.58. The zero-order chi connectivity index (χ0) is 20.9. The molecular formula is C22H39IN4O3. The summed E-state index contributed by atoms with van der Waals surface area (Å²) in [5, 5.41) is 6.91. The van der Waals surface area contributed by atoms with Crippen LogP contribution in [0.4, 0.5) is 0 Å². The van der Waals surface area contributed by atoms with Gasteiger partial charge in [0.15, 0.2) is 5.96 Å². The number of nitrogens with one attached hydrogen (secondary N) is 2. The second-order valence-electron chi connectivity index (χ2n) is 7.73. The number of methoxy groups -OCH3 is 1. The van der Waals surface area contributed by atoms with E-state index in [1.807, 2.05) is 25.2 Å². The van der Waals surface area contributed by atoms with E-state index in [4.69, 9.17) is 14.2 Å². The number of nitrogens with zero attached hydrogens (tertiary/aromatic N) is 2. The third kappa shape index (κ3) is 10.3. The molecule has 1 aromatic rings. The van der Waals surface area contributed by atoms with Crippen LogP contribution in [0.15, 0.2) is 29.3 Å². The largest absolute Gasteiger partial charge is 0.491 e. The molecular weight excluding hydrogens is 495 g/mol. The number of aliphatic imine (C=N–C) groups is 1. The molecule has 1 aliphatic rings. The van der Waals surface area contributed by atoms with Crippen molar-refractivity contribution in [2.24, 2.45) is 10.9 Å². The van der Waals surface area contributed by atoms with Gasteiger partial charge in [0.1, 0.15) is 12.4 Å². The summed E-state index contributed by atoms with van der Waals surface area (Å²) in [4.78, 5) is 6.92. The molecule has 0 aliphatic carbocycles. The monoisotopic (exact) mass is 534 g/mol. The summed E-state index contributed by atoms with van der Waals surface area (Å²) in [6.07, 6.45) is 1.16. The Morgan fingerprint density at radius 2 is 1.97 bits per heavy atom. The van der Waals surface area contributed by atoms with E-state index in [2.05, 4.69) is 40.4 Å². The molecule has 0 spiro atoms. The van der Waals surface area contributed by atoms with Crippen molar-refractivity contribution in [2.75, 3.05) is 60.2 Å². The van der Waals surface area contributed by atoms with Gasteiger partial charge in [0.05, 0.1) is 19.8 Å². The van der Waals surface area contributed by atoms with Crippen LogP contribution in [0.25, 0.3) is 0 Å². The second-order valence-corrected chi connectivity index (χ2v) is 7.73. The Kier molecular flexibility index (Phi) is 14.1. The molecule has 8 heteroatoms. The quantitative estimate of drug-likeness (QED) is 0.197. The average Bonchev–Trinajstić information content (AvgIpc) is 2.74. The molecule has 0 amide bonds. The summed E-state index contributed by atoms with van der Waals surface area (Å²) >= 11 is 0. The summed E-state index contributed by atoms with van der Waals surface area (Å²) in [7, 11) is 3.49. The molecule has 0 radical (unpaired) electrons. The molecule has 1 saturated heterocycles. The third-order valence-electron chi connectivity index (χ3n) is 4.95. The van der Waals surface area contributed by atoms with E-state index in [-0.39, 0.29) is 24.0 Å². The molecule has 172 valence electrons. The van der Waals surface area contributed by atoms with Crippen molar-refractivity contribution in [3.63, 3.8) is 0 Å². The van der Waals surface area contributed by atoms with Gasteiger partial charge in [-0.2, -0.15) is 0 Å². The Morgan fingerprint density at radius 3 is 2.63 bits per heavy atom. The number of morpholine rings is 1. The predicted molar refractivity (Wildman–Crippen MR) is 133 cm³/mol. The fourth-order valence-corrected chi connectivity index (χ4v) is 3.46. The van der Waals surface area contributed by atoms with Crippen LogP contribution < -0.4 is 15.4 Å². The molecule has 0 bridgehead atoms. The van der Waals surface area contributed by atoms with Gasteiger partial charge in [-0.05, 0) is 30.0 Å². The third-order valence-corrected chi connectivity index (χ3v) is 4.95. The maximum absolute atomic E-state index is 5.69. The highest BCUT2D eigenvalue weighted by Crippen LogP contribution is 2.14. The molecule has 1 aromatic carbocycles. The minimum Gasteiger partial charge on any atom is -0.491 e. The number of ether oxygens (including phenoxy) is 3. The second kappa shape index (κ2) is 15.7. The van der Waals surface area contributed by atoms with Gasteiger partial charge in [-0.1, -0.05) is 26.0 Å². The van der Waals surface area contributed by atoms with Gasteiger partial charge in [-0.3, -0.25) is 9.89 Å². The lowest BCUT2D eigenvalue weighted by Crippen LogP contribution is -2.50.